The minimum absolute atomic E-state index is 0.0346. The molecule has 122 valence electrons. The summed E-state index contributed by atoms with van der Waals surface area (Å²) >= 11 is 0. The first-order valence-corrected chi connectivity index (χ1v) is 6.88. The molecule has 1 aromatic carbocycles. The molecule has 6 nitrogen and oxygen atoms in total. The number of anilines is 1. The fraction of sp³-hybridized carbons (Fsp3) is 0.333. The van der Waals surface area contributed by atoms with Crippen molar-refractivity contribution in [3.8, 4) is 5.75 Å². The van der Waals surface area contributed by atoms with Gasteiger partial charge < -0.3 is 19.9 Å². The molecule has 2 aliphatic rings. The third kappa shape index (κ3) is 3.02. The number of fused-ring (bicyclic) bond motifs is 2. The highest BCUT2D eigenvalue weighted by Gasteiger charge is 2.53. The van der Waals surface area contributed by atoms with E-state index in [-0.39, 0.29) is 5.75 Å². The Morgan fingerprint density at radius 1 is 1.13 bits per heavy atom. The van der Waals surface area contributed by atoms with E-state index in [1.54, 1.807) is 12.2 Å². The molecule has 1 saturated heterocycles. The quantitative estimate of drug-likeness (QED) is 0.808. The molecule has 2 aliphatic heterocycles. The largest absolute Gasteiger partial charge is 0.481 e. The minimum Gasteiger partial charge on any atom is -0.481 e. The SMILES string of the molecule is O=C(O)[C@@H]1[C@H](C(=O)Nc2ccc(OC(F)F)cc2)[C@@H]2C=C[C@@H]1O2. The summed E-state index contributed by atoms with van der Waals surface area (Å²) in [6.07, 6.45) is 2.15. The first-order valence-electron chi connectivity index (χ1n) is 6.88. The Kier molecular flexibility index (Phi) is 3.99. The van der Waals surface area contributed by atoms with Gasteiger partial charge in [-0.2, -0.15) is 8.78 Å². The Hall–Kier alpha value is -2.48. The van der Waals surface area contributed by atoms with Crippen LogP contribution in [0.25, 0.3) is 0 Å². The van der Waals surface area contributed by atoms with E-state index in [4.69, 9.17) is 4.74 Å². The van der Waals surface area contributed by atoms with Crippen LogP contribution in [0.5, 0.6) is 5.75 Å². The number of benzene rings is 1. The number of hydrogen-bond acceptors (Lipinski definition) is 4. The highest BCUT2D eigenvalue weighted by Crippen LogP contribution is 2.39. The number of ether oxygens (including phenoxy) is 2. The smallest absolute Gasteiger partial charge is 0.387 e. The van der Waals surface area contributed by atoms with Crippen LogP contribution in [0.1, 0.15) is 0 Å². The number of nitrogens with one attached hydrogen (secondary N) is 1. The van der Waals surface area contributed by atoms with Crippen molar-refractivity contribution in [2.45, 2.75) is 18.8 Å². The van der Waals surface area contributed by atoms with Gasteiger partial charge in [-0.3, -0.25) is 9.59 Å². The summed E-state index contributed by atoms with van der Waals surface area (Å²) < 4.78 is 33.8. The lowest BCUT2D eigenvalue weighted by Crippen LogP contribution is -2.39. The average Bonchev–Trinajstić information content (AvgIpc) is 3.09. The molecule has 0 saturated carbocycles. The van der Waals surface area contributed by atoms with E-state index < -0.39 is 42.5 Å². The van der Waals surface area contributed by atoms with Crippen molar-refractivity contribution in [1.82, 2.24) is 0 Å². The van der Waals surface area contributed by atoms with Gasteiger partial charge in [0.1, 0.15) is 11.7 Å². The van der Waals surface area contributed by atoms with Crippen molar-refractivity contribution in [2.75, 3.05) is 5.32 Å². The van der Waals surface area contributed by atoms with Crippen molar-refractivity contribution < 1.29 is 33.0 Å². The number of carboxylic acids is 1. The van der Waals surface area contributed by atoms with E-state index in [2.05, 4.69) is 10.1 Å². The van der Waals surface area contributed by atoms with Crippen LogP contribution in [-0.4, -0.2) is 35.8 Å². The summed E-state index contributed by atoms with van der Waals surface area (Å²) in [5.74, 6) is -3.39. The number of aliphatic carboxylic acids is 1. The van der Waals surface area contributed by atoms with Gasteiger partial charge in [-0.15, -0.1) is 0 Å². The Morgan fingerprint density at radius 2 is 1.74 bits per heavy atom. The van der Waals surface area contributed by atoms with Gasteiger partial charge in [0.15, 0.2) is 0 Å². The molecule has 4 atom stereocenters. The lowest BCUT2D eigenvalue weighted by molar-refractivity contribution is -0.145. The number of halogens is 2. The van der Waals surface area contributed by atoms with Crippen molar-refractivity contribution >= 4 is 17.6 Å². The molecule has 0 spiro atoms. The van der Waals surface area contributed by atoms with E-state index in [1.807, 2.05) is 0 Å². The zero-order valence-corrected chi connectivity index (χ0v) is 11.7. The standard InChI is InChI=1S/C15H13F2NO5/c16-15(17)22-8-3-1-7(2-4-8)18-13(19)11-9-5-6-10(23-9)12(11)14(20)21/h1-6,9-12,15H,(H,18,19)(H,20,21)/t9-,10-,11+,12-/m0/s1. The van der Waals surface area contributed by atoms with Crippen molar-refractivity contribution in [2.24, 2.45) is 11.8 Å². The van der Waals surface area contributed by atoms with Gasteiger partial charge in [-0.05, 0) is 24.3 Å². The second-order valence-electron chi connectivity index (χ2n) is 5.23. The molecule has 1 fully saturated rings. The van der Waals surface area contributed by atoms with Crippen molar-refractivity contribution in [3.63, 3.8) is 0 Å². The van der Waals surface area contributed by atoms with Crippen molar-refractivity contribution in [1.29, 1.82) is 0 Å². The molecular weight excluding hydrogens is 312 g/mol. The summed E-state index contributed by atoms with van der Waals surface area (Å²) in [5, 5.41) is 11.8. The van der Waals surface area contributed by atoms with Gasteiger partial charge in [0.05, 0.1) is 18.1 Å². The van der Waals surface area contributed by atoms with E-state index in [9.17, 15) is 23.5 Å². The van der Waals surface area contributed by atoms with E-state index >= 15 is 0 Å². The molecule has 1 aromatic rings. The number of carbonyl (C=O) groups excluding carboxylic acids is 1. The number of hydrogen-bond donors (Lipinski definition) is 2. The zero-order chi connectivity index (χ0) is 16.6. The van der Waals surface area contributed by atoms with Crippen LogP contribution in [0, 0.1) is 11.8 Å². The third-order valence-corrected chi connectivity index (χ3v) is 3.83. The highest BCUT2D eigenvalue weighted by molar-refractivity contribution is 5.96. The number of rotatable bonds is 5. The number of carboxylic acid groups (broad SMARTS) is 1. The summed E-state index contributed by atoms with van der Waals surface area (Å²) in [6, 6.07) is 5.37. The highest BCUT2D eigenvalue weighted by atomic mass is 19.3. The Balaban J connectivity index is 1.69. The summed E-state index contributed by atoms with van der Waals surface area (Å²) in [5.41, 5.74) is 0.354. The maximum Gasteiger partial charge on any atom is 0.387 e. The first-order chi connectivity index (χ1) is 11.0. The van der Waals surface area contributed by atoms with Gasteiger partial charge in [0.2, 0.25) is 5.91 Å². The van der Waals surface area contributed by atoms with E-state index in [0.29, 0.717) is 5.69 Å². The van der Waals surface area contributed by atoms with Gasteiger partial charge in [0.25, 0.3) is 0 Å². The fourth-order valence-corrected chi connectivity index (χ4v) is 2.86. The van der Waals surface area contributed by atoms with Gasteiger partial charge in [-0.25, -0.2) is 0 Å². The molecule has 0 radical (unpaired) electrons. The Bertz CT molecular complexity index is 646. The van der Waals surface area contributed by atoms with E-state index in [0.717, 1.165) is 0 Å². The number of alkyl halides is 2. The molecule has 0 unspecified atom stereocenters. The van der Waals surface area contributed by atoms with Gasteiger partial charge >= 0.3 is 12.6 Å². The maximum absolute atomic E-state index is 12.3. The second kappa shape index (κ2) is 5.96. The van der Waals surface area contributed by atoms with Crippen LogP contribution >= 0.6 is 0 Å². The Labute approximate surface area is 129 Å². The van der Waals surface area contributed by atoms with Crippen molar-refractivity contribution in [3.05, 3.63) is 36.4 Å². The molecule has 3 rings (SSSR count). The summed E-state index contributed by atoms with van der Waals surface area (Å²) in [4.78, 5) is 23.7. The predicted octanol–water partition coefficient (Wildman–Crippen LogP) is 1.88. The van der Waals surface area contributed by atoms with Crippen LogP contribution in [-0.2, 0) is 14.3 Å². The minimum atomic E-state index is -2.93. The fourth-order valence-electron chi connectivity index (χ4n) is 2.86. The van der Waals surface area contributed by atoms with Crippen LogP contribution in [0.2, 0.25) is 0 Å². The Morgan fingerprint density at radius 3 is 2.30 bits per heavy atom. The first kappa shape index (κ1) is 15.4. The number of amides is 1. The van der Waals surface area contributed by atoms with Crippen LogP contribution < -0.4 is 10.1 Å². The second-order valence-corrected chi connectivity index (χ2v) is 5.23. The molecule has 2 bridgehead atoms. The molecule has 23 heavy (non-hydrogen) atoms. The normalized spacial score (nSPS) is 28.1. The third-order valence-electron chi connectivity index (χ3n) is 3.83. The molecule has 8 heteroatoms. The monoisotopic (exact) mass is 325 g/mol. The molecule has 0 aromatic heterocycles. The van der Waals surface area contributed by atoms with Gasteiger partial charge in [0, 0.05) is 5.69 Å². The van der Waals surface area contributed by atoms with E-state index in [1.165, 1.54) is 24.3 Å². The van der Waals surface area contributed by atoms with Crippen LogP contribution in [0.4, 0.5) is 14.5 Å². The topological polar surface area (TPSA) is 84.9 Å². The lowest BCUT2D eigenvalue weighted by atomic mass is 9.82. The molecule has 2 N–H and O–H groups in total. The molecule has 2 heterocycles. The molecule has 1 amide bonds. The lowest BCUT2D eigenvalue weighted by Gasteiger charge is -2.21. The van der Waals surface area contributed by atoms with Crippen LogP contribution in [0.3, 0.4) is 0 Å². The zero-order valence-electron chi connectivity index (χ0n) is 11.7. The molecule has 0 aliphatic carbocycles. The summed E-state index contributed by atoms with van der Waals surface area (Å²) in [7, 11) is 0. The number of carbonyl (C=O) groups is 2. The average molecular weight is 325 g/mol. The maximum atomic E-state index is 12.3. The van der Waals surface area contributed by atoms with Crippen LogP contribution in [0.15, 0.2) is 36.4 Å². The predicted molar refractivity (Wildman–Crippen MR) is 74.1 cm³/mol. The molecular formula is C15H13F2NO5. The van der Waals surface area contributed by atoms with Gasteiger partial charge in [-0.1, -0.05) is 12.2 Å². The summed E-state index contributed by atoms with van der Waals surface area (Å²) in [6.45, 7) is -2.93.